The van der Waals surface area contributed by atoms with Gasteiger partial charge in [-0.1, -0.05) is 6.92 Å². The number of carbonyl (C=O) groups is 2. The predicted octanol–water partition coefficient (Wildman–Crippen LogP) is -2.18. The number of carboxylic acid groups (broad SMARTS) is 1. The van der Waals surface area contributed by atoms with Gasteiger partial charge in [-0.05, 0) is 94.0 Å². The summed E-state index contributed by atoms with van der Waals surface area (Å²) in [5, 5.41) is 108. The first kappa shape index (κ1) is 46.6. The second-order valence-electron chi connectivity index (χ2n) is 19.2. The monoisotopic (exact) mass is 888 g/mol. The Morgan fingerprint density at radius 2 is 1.45 bits per heavy atom. The lowest BCUT2D eigenvalue weighted by molar-refractivity contribution is -0.367. The number of aliphatic carboxylic acids is 1. The van der Waals surface area contributed by atoms with Gasteiger partial charge in [0.05, 0.1) is 36.4 Å². The van der Waals surface area contributed by atoms with Gasteiger partial charge in [-0.2, -0.15) is 0 Å². The van der Waals surface area contributed by atoms with E-state index < -0.39 is 134 Å². The van der Waals surface area contributed by atoms with E-state index in [2.05, 4.69) is 6.92 Å². The van der Waals surface area contributed by atoms with Crippen molar-refractivity contribution in [3.63, 3.8) is 0 Å². The number of methoxy groups -OCH3 is 1. The van der Waals surface area contributed by atoms with Crippen molar-refractivity contribution in [2.75, 3.05) is 26.9 Å². The van der Waals surface area contributed by atoms with E-state index in [4.69, 9.17) is 37.9 Å². The Morgan fingerprint density at radius 1 is 0.774 bits per heavy atom. The minimum Gasteiger partial charge on any atom is -0.481 e. The summed E-state index contributed by atoms with van der Waals surface area (Å²) in [5.41, 5.74) is -1.77. The number of aliphatic hydroxyl groups excluding tert-OH is 8. The van der Waals surface area contributed by atoms with E-state index >= 15 is 0 Å². The normalized spacial score (nSPS) is 53.0. The van der Waals surface area contributed by atoms with Crippen molar-refractivity contribution in [1.82, 2.24) is 0 Å². The summed E-state index contributed by atoms with van der Waals surface area (Å²) in [5.74, 6) is -1.99. The summed E-state index contributed by atoms with van der Waals surface area (Å²) >= 11 is 0. The van der Waals surface area contributed by atoms with Crippen molar-refractivity contribution in [2.24, 2.45) is 34.5 Å². The van der Waals surface area contributed by atoms with Crippen LogP contribution < -0.4 is 0 Å². The van der Waals surface area contributed by atoms with Crippen molar-refractivity contribution >= 4 is 11.9 Å². The first-order chi connectivity index (χ1) is 29.4. The third kappa shape index (κ3) is 7.56. The van der Waals surface area contributed by atoms with Gasteiger partial charge >= 0.3 is 11.9 Å². The molecule has 0 aromatic rings. The van der Waals surface area contributed by atoms with E-state index in [1.165, 1.54) is 7.11 Å². The molecule has 0 aromatic carbocycles. The summed E-state index contributed by atoms with van der Waals surface area (Å²) in [4.78, 5) is 25.5. The molecule has 0 bridgehead atoms. The number of esters is 1. The Morgan fingerprint density at radius 3 is 2.11 bits per heavy atom. The van der Waals surface area contributed by atoms with Gasteiger partial charge in [-0.15, -0.1) is 0 Å². The van der Waals surface area contributed by atoms with Crippen LogP contribution in [0.4, 0.5) is 0 Å². The molecule has 4 saturated carbocycles. The molecule has 10 N–H and O–H groups in total. The highest BCUT2D eigenvalue weighted by Crippen LogP contribution is 2.70. The first-order valence-electron chi connectivity index (χ1n) is 22.0. The number of fused-ring (bicyclic) bond motifs is 5. The molecule has 20 heteroatoms. The summed E-state index contributed by atoms with van der Waals surface area (Å²) in [6, 6.07) is 0. The van der Waals surface area contributed by atoms with Crippen molar-refractivity contribution in [2.45, 2.75) is 175 Å². The molecule has 0 amide bonds. The average Bonchev–Trinajstić information content (AvgIpc) is 3.80. The van der Waals surface area contributed by atoms with Crippen molar-refractivity contribution in [1.29, 1.82) is 0 Å². The highest BCUT2D eigenvalue weighted by Gasteiger charge is 2.70. The van der Waals surface area contributed by atoms with E-state index in [1.807, 2.05) is 0 Å². The highest BCUT2D eigenvalue weighted by molar-refractivity contribution is 5.85. The molecule has 20 nitrogen and oxygen atoms in total. The van der Waals surface area contributed by atoms with Crippen LogP contribution >= 0.6 is 0 Å². The summed E-state index contributed by atoms with van der Waals surface area (Å²) in [6.45, 7) is 2.68. The van der Waals surface area contributed by atoms with Crippen LogP contribution in [0.3, 0.4) is 0 Å². The lowest BCUT2D eigenvalue weighted by Crippen LogP contribution is -2.65. The quantitative estimate of drug-likeness (QED) is 0.0779. The maximum absolute atomic E-state index is 13.5. The van der Waals surface area contributed by atoms with E-state index in [0.717, 1.165) is 5.57 Å². The molecule has 8 rings (SSSR count). The van der Waals surface area contributed by atoms with Crippen LogP contribution in [0.2, 0.25) is 0 Å². The molecular weight excluding hydrogens is 824 g/mol. The molecule has 352 valence electrons. The topological polar surface area (TPSA) is 310 Å². The number of aliphatic hydroxyl groups is 9. The molecule has 7 fully saturated rings. The van der Waals surface area contributed by atoms with Crippen LogP contribution in [0, 0.1) is 34.5 Å². The lowest BCUT2D eigenvalue weighted by Gasteiger charge is -2.63. The second kappa shape index (κ2) is 17.7. The number of hydrogen-bond donors (Lipinski definition) is 10. The number of rotatable bonds is 11. The first-order valence-corrected chi connectivity index (χ1v) is 22.0. The Balaban J connectivity index is 0.899. The molecule has 0 unspecified atom stereocenters. The number of carboxylic acids is 1. The minimum atomic E-state index is -1.81. The summed E-state index contributed by atoms with van der Waals surface area (Å²) in [6.07, 6.45) is -16.2. The van der Waals surface area contributed by atoms with Crippen molar-refractivity contribution in [3.8, 4) is 0 Å². The fraction of sp³-hybridized carbons (Fsp3) is 0.905. The predicted molar refractivity (Wildman–Crippen MR) is 205 cm³/mol. The van der Waals surface area contributed by atoms with Crippen LogP contribution in [0.15, 0.2) is 11.6 Å². The van der Waals surface area contributed by atoms with Crippen molar-refractivity contribution < 1.29 is 98.5 Å². The van der Waals surface area contributed by atoms with Crippen LogP contribution in [0.25, 0.3) is 0 Å². The van der Waals surface area contributed by atoms with Gasteiger partial charge in [-0.25, -0.2) is 4.79 Å². The number of cyclic esters (lactones) is 1. The summed E-state index contributed by atoms with van der Waals surface area (Å²) in [7, 11) is 1.33. The second-order valence-corrected chi connectivity index (χ2v) is 19.2. The van der Waals surface area contributed by atoms with Crippen LogP contribution in [-0.2, 0) is 47.5 Å². The standard InChI is InChI=1S/C42H64O20/c1-17-34(62-37-32(50)30(48)28(46)25(61-37)16-57-36-31(49)29(47)27(45)24(14-43)60-36)35(55-3)33(51)38(58-17)59-20-6-10-41(39(52)53)19(13-20)4-5-23-22(41)7-9-40(2)21(8-11-42(23,40)54)18-12-26(44)56-15-18/h12,17,19-25,27-38,43,45-51,54H,4-11,13-16H2,1-3H3,(H,52,53)/t17-,19+,20-,21+,22-,23+,24+,25+,27+,28+,29-,30-,31+,32+,33-,34-,35-,36+,37-,38-,40+,41+,42-/m0/s1. The molecule has 3 saturated heterocycles. The molecule has 4 aliphatic heterocycles. The zero-order chi connectivity index (χ0) is 44.6. The van der Waals surface area contributed by atoms with E-state index in [9.17, 15) is 60.7 Å². The van der Waals surface area contributed by atoms with E-state index in [-0.39, 0.29) is 36.2 Å². The van der Waals surface area contributed by atoms with Gasteiger partial charge in [0.2, 0.25) is 0 Å². The molecule has 4 heterocycles. The fourth-order valence-electron chi connectivity index (χ4n) is 13.0. The SMILES string of the molecule is CO[C@H]1[C@H](O)[C@H](O[C@H]2CC[C@@]3(C(=O)O)[C@H](CC[C@@H]4[C@@H]3CC[C@]3(C)[C@@H](C5=CC(=O)OC5)CC[C@]43O)C2)O[C@@H](C)[C@@H]1O[C@@H]1O[C@H](CO[C@@H]2O[C@H](CO)[C@@H](O)[C@H](O)[C@H]2O)[C@@H](O)[C@H](O)[C@H]1O. The van der Waals surface area contributed by atoms with E-state index in [0.29, 0.717) is 57.8 Å². The number of hydrogen-bond acceptors (Lipinski definition) is 19. The lowest BCUT2D eigenvalue weighted by atomic mass is 9.42. The molecule has 23 atom stereocenters. The van der Waals surface area contributed by atoms with Gasteiger partial charge in [0.15, 0.2) is 18.9 Å². The van der Waals surface area contributed by atoms with Gasteiger partial charge in [0, 0.05) is 18.6 Å². The van der Waals surface area contributed by atoms with Crippen LogP contribution in [-0.4, -0.2) is 194 Å². The van der Waals surface area contributed by atoms with Crippen molar-refractivity contribution in [3.05, 3.63) is 11.6 Å². The number of ether oxygens (including phenoxy) is 8. The molecular formula is C42H64O20. The zero-order valence-corrected chi connectivity index (χ0v) is 35.2. The zero-order valence-electron chi connectivity index (χ0n) is 35.2. The van der Waals surface area contributed by atoms with Gasteiger partial charge in [-0.3, -0.25) is 4.79 Å². The Kier molecular flexibility index (Phi) is 13.3. The van der Waals surface area contributed by atoms with Crippen LogP contribution in [0.1, 0.15) is 71.6 Å². The van der Waals surface area contributed by atoms with E-state index in [1.54, 1.807) is 13.0 Å². The Labute approximate surface area is 358 Å². The minimum absolute atomic E-state index is 0.0165. The molecule has 4 aliphatic carbocycles. The fourth-order valence-corrected chi connectivity index (χ4v) is 13.0. The Bertz CT molecular complexity index is 1660. The highest BCUT2D eigenvalue weighted by atomic mass is 16.8. The Hall–Kier alpha value is -1.96. The van der Waals surface area contributed by atoms with Gasteiger partial charge in [0.1, 0.15) is 73.8 Å². The molecule has 62 heavy (non-hydrogen) atoms. The third-order valence-corrected chi connectivity index (χ3v) is 16.4. The average molecular weight is 889 g/mol. The maximum Gasteiger partial charge on any atom is 0.331 e. The molecule has 0 aromatic heterocycles. The van der Waals surface area contributed by atoms with Gasteiger partial charge in [0.25, 0.3) is 0 Å². The smallest absolute Gasteiger partial charge is 0.331 e. The maximum atomic E-state index is 13.5. The molecule has 0 radical (unpaired) electrons. The van der Waals surface area contributed by atoms with Crippen LogP contribution in [0.5, 0.6) is 0 Å². The number of carbonyl (C=O) groups excluding carboxylic acids is 1. The molecule has 0 spiro atoms. The third-order valence-electron chi connectivity index (χ3n) is 16.4. The largest absolute Gasteiger partial charge is 0.481 e. The summed E-state index contributed by atoms with van der Waals surface area (Å²) < 4.78 is 46.3. The van der Waals surface area contributed by atoms with Gasteiger partial charge < -0.3 is 89.0 Å². The molecule has 8 aliphatic rings.